The molecule has 0 aliphatic rings. The number of Topliss-reactive ketones (excluding diaryl/α,β-unsaturated/α-hetero) is 1. The first-order valence-electron chi connectivity index (χ1n) is 9.75. The molecule has 25 heavy (non-hydrogen) atoms. The lowest BCUT2D eigenvalue weighted by molar-refractivity contribution is -0.126. The van der Waals surface area contributed by atoms with Gasteiger partial charge >= 0.3 is 7.82 Å². The topological polar surface area (TPSA) is 93.1 Å². The molecular formula is C18H37O6P. The van der Waals surface area contributed by atoms with Crippen molar-refractivity contribution in [1.82, 2.24) is 0 Å². The number of unbranched alkanes of at least 4 members (excludes halogenated alkanes) is 12. The second-order valence-electron chi connectivity index (χ2n) is 6.60. The van der Waals surface area contributed by atoms with Crippen molar-refractivity contribution in [3.63, 3.8) is 0 Å². The normalized spacial score (nSPS) is 11.8. The number of ketones is 1. The van der Waals surface area contributed by atoms with Crippen LogP contribution in [0.5, 0.6) is 0 Å². The maximum absolute atomic E-state index is 11.2. The maximum Gasteiger partial charge on any atom is 0.470 e. The van der Waals surface area contributed by atoms with Gasteiger partial charge in [0.1, 0.15) is 13.2 Å². The van der Waals surface area contributed by atoms with Gasteiger partial charge in [-0.15, -0.1) is 0 Å². The summed E-state index contributed by atoms with van der Waals surface area (Å²) in [7, 11) is -4.57. The van der Waals surface area contributed by atoms with Gasteiger partial charge in [0.15, 0.2) is 5.78 Å². The third-order valence-corrected chi connectivity index (χ3v) is 4.51. The average Bonchev–Trinajstić information content (AvgIpc) is 2.56. The van der Waals surface area contributed by atoms with Crippen molar-refractivity contribution in [3.8, 4) is 0 Å². The van der Waals surface area contributed by atoms with E-state index in [1.165, 1.54) is 70.6 Å². The van der Waals surface area contributed by atoms with Gasteiger partial charge in [-0.25, -0.2) is 4.57 Å². The highest BCUT2D eigenvalue weighted by molar-refractivity contribution is 7.46. The average molecular weight is 380 g/mol. The van der Waals surface area contributed by atoms with Crippen LogP contribution in [0.4, 0.5) is 0 Å². The Kier molecular flexibility index (Phi) is 17.0. The van der Waals surface area contributed by atoms with Crippen molar-refractivity contribution in [1.29, 1.82) is 0 Å². The van der Waals surface area contributed by atoms with Gasteiger partial charge in [0.2, 0.25) is 0 Å². The summed E-state index contributed by atoms with van der Waals surface area (Å²) >= 11 is 0. The van der Waals surface area contributed by atoms with E-state index in [1.54, 1.807) is 0 Å². The van der Waals surface area contributed by atoms with E-state index in [1.807, 2.05) is 0 Å². The summed E-state index contributed by atoms with van der Waals surface area (Å²) in [6.07, 6.45) is 16.6. The molecule has 0 saturated carbocycles. The Morgan fingerprint density at radius 2 is 1.20 bits per heavy atom. The second-order valence-corrected chi connectivity index (χ2v) is 7.84. The Morgan fingerprint density at radius 3 is 1.64 bits per heavy atom. The summed E-state index contributed by atoms with van der Waals surface area (Å²) in [6.45, 7) is 1.98. The van der Waals surface area contributed by atoms with Gasteiger partial charge in [-0.1, -0.05) is 84.0 Å². The number of phosphoric ester groups is 1. The largest absolute Gasteiger partial charge is 0.470 e. The summed E-state index contributed by atoms with van der Waals surface area (Å²) in [4.78, 5) is 28.2. The van der Waals surface area contributed by atoms with E-state index < -0.39 is 20.2 Å². The van der Waals surface area contributed by atoms with Crippen molar-refractivity contribution >= 4 is 13.6 Å². The fourth-order valence-corrected chi connectivity index (χ4v) is 2.92. The smallest absolute Gasteiger partial charge is 0.374 e. The molecule has 0 aliphatic heterocycles. The minimum atomic E-state index is -4.57. The van der Waals surface area contributed by atoms with Gasteiger partial charge in [0.05, 0.1) is 0 Å². The molecule has 0 bridgehead atoms. The fourth-order valence-electron chi connectivity index (χ4n) is 2.61. The SMILES string of the molecule is CCCCCCCCCCCCCCCOCC(=O)COP(=O)(O)O. The van der Waals surface area contributed by atoms with Crippen LogP contribution in [0.1, 0.15) is 90.4 Å². The van der Waals surface area contributed by atoms with Crippen LogP contribution in [0.25, 0.3) is 0 Å². The van der Waals surface area contributed by atoms with Crippen LogP contribution in [0.3, 0.4) is 0 Å². The molecular weight excluding hydrogens is 343 g/mol. The minimum absolute atomic E-state index is 0.155. The van der Waals surface area contributed by atoms with Crippen LogP contribution in [0.15, 0.2) is 0 Å². The van der Waals surface area contributed by atoms with Gasteiger partial charge in [0.25, 0.3) is 0 Å². The molecule has 0 fully saturated rings. The summed E-state index contributed by atoms with van der Waals surface area (Å²) in [6, 6.07) is 0. The lowest BCUT2D eigenvalue weighted by Crippen LogP contribution is -2.15. The molecule has 0 aromatic carbocycles. The standard InChI is InChI=1S/C18H37O6P/c1-2-3-4-5-6-7-8-9-10-11-12-13-14-15-23-16-18(19)17-24-25(20,21)22/h2-17H2,1H3,(H2,20,21,22). The molecule has 0 spiro atoms. The molecule has 0 amide bonds. The number of hydrogen-bond donors (Lipinski definition) is 2. The van der Waals surface area contributed by atoms with Gasteiger partial charge in [-0.3, -0.25) is 9.32 Å². The van der Waals surface area contributed by atoms with Crippen LogP contribution in [0, 0.1) is 0 Å². The van der Waals surface area contributed by atoms with Crippen LogP contribution < -0.4 is 0 Å². The monoisotopic (exact) mass is 380 g/mol. The number of carbonyl (C=O) groups excluding carboxylic acids is 1. The van der Waals surface area contributed by atoms with E-state index in [4.69, 9.17) is 14.5 Å². The molecule has 0 atom stereocenters. The van der Waals surface area contributed by atoms with E-state index >= 15 is 0 Å². The summed E-state index contributed by atoms with van der Waals surface area (Å²) in [5, 5.41) is 0. The number of rotatable bonds is 19. The predicted octanol–water partition coefficient (Wildman–Crippen LogP) is 4.77. The molecule has 7 heteroatoms. The molecule has 6 nitrogen and oxygen atoms in total. The van der Waals surface area contributed by atoms with Crippen molar-refractivity contribution in [2.75, 3.05) is 19.8 Å². The number of hydrogen-bond acceptors (Lipinski definition) is 4. The zero-order valence-corrected chi connectivity index (χ0v) is 16.7. The molecule has 0 aliphatic carbocycles. The predicted molar refractivity (Wildman–Crippen MR) is 99.5 cm³/mol. The first kappa shape index (κ1) is 24.7. The fraction of sp³-hybridized carbons (Fsp3) is 0.944. The van der Waals surface area contributed by atoms with E-state index in [9.17, 15) is 9.36 Å². The minimum Gasteiger partial charge on any atom is -0.374 e. The first-order chi connectivity index (χ1) is 12.0. The Morgan fingerprint density at radius 1 is 0.760 bits per heavy atom. The van der Waals surface area contributed by atoms with Crippen molar-refractivity contribution < 1.29 is 28.4 Å². The van der Waals surface area contributed by atoms with E-state index in [0.717, 1.165) is 12.8 Å². The Balaban J connectivity index is 3.16. The Labute approximate surface area is 152 Å². The van der Waals surface area contributed by atoms with Crippen LogP contribution in [0.2, 0.25) is 0 Å². The third-order valence-electron chi connectivity index (χ3n) is 4.05. The van der Waals surface area contributed by atoms with Crippen molar-refractivity contribution in [3.05, 3.63) is 0 Å². The number of carbonyl (C=O) groups is 1. The lowest BCUT2D eigenvalue weighted by Gasteiger charge is -2.06. The highest BCUT2D eigenvalue weighted by Gasteiger charge is 2.16. The molecule has 0 saturated heterocycles. The van der Waals surface area contributed by atoms with Gasteiger partial charge in [0, 0.05) is 6.61 Å². The number of phosphoric acid groups is 1. The van der Waals surface area contributed by atoms with Gasteiger partial charge in [-0.2, -0.15) is 0 Å². The molecule has 0 aromatic heterocycles. The lowest BCUT2D eigenvalue weighted by atomic mass is 10.0. The van der Waals surface area contributed by atoms with Crippen LogP contribution >= 0.6 is 7.82 Å². The van der Waals surface area contributed by atoms with E-state index in [2.05, 4.69) is 11.4 Å². The zero-order valence-electron chi connectivity index (χ0n) is 15.8. The maximum atomic E-state index is 11.2. The van der Waals surface area contributed by atoms with Crippen LogP contribution in [-0.2, 0) is 18.6 Å². The van der Waals surface area contributed by atoms with E-state index in [-0.39, 0.29) is 6.61 Å². The molecule has 0 rings (SSSR count). The summed E-state index contributed by atoms with van der Waals surface area (Å²) in [5.74, 6) is -0.460. The second kappa shape index (κ2) is 17.2. The zero-order chi connectivity index (χ0) is 18.8. The van der Waals surface area contributed by atoms with Crippen molar-refractivity contribution in [2.45, 2.75) is 90.4 Å². The summed E-state index contributed by atoms with van der Waals surface area (Å²) in [5.41, 5.74) is 0. The number of ether oxygens (including phenoxy) is 1. The molecule has 0 unspecified atom stereocenters. The van der Waals surface area contributed by atoms with Crippen molar-refractivity contribution in [2.24, 2.45) is 0 Å². The molecule has 0 aromatic rings. The molecule has 150 valence electrons. The highest BCUT2D eigenvalue weighted by atomic mass is 31.2. The molecule has 2 N–H and O–H groups in total. The first-order valence-corrected chi connectivity index (χ1v) is 11.3. The third kappa shape index (κ3) is 21.7. The molecule has 0 heterocycles. The quantitative estimate of drug-likeness (QED) is 0.248. The Bertz CT molecular complexity index is 355. The van der Waals surface area contributed by atoms with Crippen LogP contribution in [-0.4, -0.2) is 35.4 Å². The Hall–Kier alpha value is -0.260. The summed E-state index contributed by atoms with van der Waals surface area (Å²) < 4.78 is 19.7. The van der Waals surface area contributed by atoms with Gasteiger partial charge < -0.3 is 14.5 Å². The molecule has 0 radical (unpaired) electrons. The van der Waals surface area contributed by atoms with E-state index in [0.29, 0.717) is 6.61 Å². The highest BCUT2D eigenvalue weighted by Crippen LogP contribution is 2.35. The van der Waals surface area contributed by atoms with Gasteiger partial charge in [-0.05, 0) is 6.42 Å².